The van der Waals surface area contributed by atoms with Crippen LogP contribution < -0.4 is 5.32 Å². The number of rotatable bonds is 4. The Morgan fingerprint density at radius 2 is 1.75 bits per heavy atom. The van der Waals surface area contributed by atoms with Crippen molar-refractivity contribution in [1.29, 1.82) is 0 Å². The molecule has 0 spiro atoms. The molecule has 1 N–H and O–H groups in total. The topological polar surface area (TPSA) is 44.8 Å². The molecule has 1 aromatic carbocycles. The minimum Gasteiger partial charge on any atom is -0.381 e. The molecular formula is C19H29N3O2. The summed E-state index contributed by atoms with van der Waals surface area (Å²) < 4.78 is 5.55. The lowest BCUT2D eigenvalue weighted by molar-refractivity contribution is -0.130. The smallest absolute Gasteiger partial charge is 0.237 e. The first-order valence-corrected chi connectivity index (χ1v) is 8.99. The molecule has 2 heterocycles. The van der Waals surface area contributed by atoms with E-state index in [9.17, 15) is 4.79 Å². The van der Waals surface area contributed by atoms with Gasteiger partial charge in [0.1, 0.15) is 0 Å². The van der Waals surface area contributed by atoms with E-state index in [1.54, 1.807) is 0 Å². The summed E-state index contributed by atoms with van der Waals surface area (Å²) in [5.41, 5.74) is 0.893. The minimum atomic E-state index is -0.294. The van der Waals surface area contributed by atoms with Gasteiger partial charge in [-0.3, -0.25) is 9.69 Å². The summed E-state index contributed by atoms with van der Waals surface area (Å²) >= 11 is 0. The third-order valence-electron chi connectivity index (χ3n) is 5.50. The first kappa shape index (κ1) is 17.4. The van der Waals surface area contributed by atoms with Crippen LogP contribution in [-0.4, -0.2) is 68.2 Å². The fourth-order valence-corrected chi connectivity index (χ4v) is 3.68. The predicted molar refractivity (Wildman–Crippen MR) is 94.8 cm³/mol. The molecule has 0 aromatic heterocycles. The molecule has 2 fully saturated rings. The molecule has 5 nitrogen and oxygen atoms in total. The fourth-order valence-electron chi connectivity index (χ4n) is 3.68. The Morgan fingerprint density at radius 3 is 2.38 bits per heavy atom. The van der Waals surface area contributed by atoms with Crippen molar-refractivity contribution in [3.63, 3.8) is 0 Å². The van der Waals surface area contributed by atoms with Crippen LogP contribution in [0.2, 0.25) is 0 Å². The summed E-state index contributed by atoms with van der Waals surface area (Å²) in [4.78, 5) is 17.6. The Balaban J connectivity index is 1.71. The zero-order valence-corrected chi connectivity index (χ0v) is 14.8. The van der Waals surface area contributed by atoms with Crippen molar-refractivity contribution in [1.82, 2.24) is 15.1 Å². The third kappa shape index (κ3) is 3.79. The van der Waals surface area contributed by atoms with Crippen molar-refractivity contribution >= 4 is 5.91 Å². The maximum absolute atomic E-state index is 13.0. The maximum Gasteiger partial charge on any atom is 0.237 e. The average Bonchev–Trinajstić information content (AvgIpc) is 2.63. The predicted octanol–water partition coefficient (Wildman–Crippen LogP) is 1.44. The number of amides is 1. The molecular weight excluding hydrogens is 302 g/mol. The fraction of sp³-hybridized carbons (Fsp3) is 0.632. The van der Waals surface area contributed by atoms with Crippen LogP contribution >= 0.6 is 0 Å². The lowest BCUT2D eigenvalue weighted by Gasteiger charge is -2.41. The number of benzene rings is 1. The standard InChI is InChI=1S/C19H29N3O2/c1-16(22-12-10-21(2)11-13-22)18(23)20-19(8-14-24-15-9-19)17-6-4-3-5-7-17/h3-7,16H,8-15H2,1-2H3,(H,20,23)/t16-/m1/s1. The van der Waals surface area contributed by atoms with Gasteiger partial charge < -0.3 is 15.0 Å². The van der Waals surface area contributed by atoms with Crippen LogP contribution in [-0.2, 0) is 15.1 Å². The molecule has 0 bridgehead atoms. The van der Waals surface area contributed by atoms with Crippen molar-refractivity contribution in [3.05, 3.63) is 35.9 Å². The average molecular weight is 331 g/mol. The van der Waals surface area contributed by atoms with Gasteiger partial charge in [-0.1, -0.05) is 30.3 Å². The Labute approximate surface area is 145 Å². The zero-order valence-electron chi connectivity index (χ0n) is 14.8. The van der Waals surface area contributed by atoms with Crippen molar-refractivity contribution in [3.8, 4) is 0 Å². The van der Waals surface area contributed by atoms with Gasteiger partial charge in [0.25, 0.3) is 0 Å². The SMILES string of the molecule is C[C@H](C(=O)NC1(c2ccccc2)CCOCC1)N1CCN(C)CC1. The van der Waals surface area contributed by atoms with E-state index < -0.39 is 0 Å². The first-order chi connectivity index (χ1) is 11.6. The van der Waals surface area contributed by atoms with E-state index in [4.69, 9.17) is 4.74 Å². The van der Waals surface area contributed by atoms with Gasteiger partial charge in [-0.15, -0.1) is 0 Å². The molecule has 1 amide bonds. The number of carbonyl (C=O) groups excluding carboxylic acids is 1. The van der Waals surface area contributed by atoms with Crippen LogP contribution in [0.4, 0.5) is 0 Å². The number of piperazine rings is 1. The normalized spacial score (nSPS) is 23.6. The zero-order chi connectivity index (χ0) is 17.0. The second kappa shape index (κ2) is 7.64. The van der Waals surface area contributed by atoms with Crippen LogP contribution in [0.25, 0.3) is 0 Å². The number of nitrogens with one attached hydrogen (secondary N) is 1. The van der Waals surface area contributed by atoms with Crippen molar-refractivity contribution < 1.29 is 9.53 Å². The Hall–Kier alpha value is -1.43. The van der Waals surface area contributed by atoms with E-state index in [-0.39, 0.29) is 17.5 Å². The highest BCUT2D eigenvalue weighted by Crippen LogP contribution is 2.32. The highest BCUT2D eigenvalue weighted by atomic mass is 16.5. The van der Waals surface area contributed by atoms with E-state index in [1.807, 2.05) is 25.1 Å². The van der Waals surface area contributed by atoms with E-state index >= 15 is 0 Å². The Kier molecular flexibility index (Phi) is 5.54. The molecule has 0 saturated carbocycles. The second-order valence-corrected chi connectivity index (χ2v) is 7.06. The van der Waals surface area contributed by atoms with Crippen LogP contribution in [0.15, 0.2) is 30.3 Å². The summed E-state index contributed by atoms with van der Waals surface area (Å²) in [5, 5.41) is 3.38. The highest BCUT2D eigenvalue weighted by Gasteiger charge is 2.37. The molecule has 132 valence electrons. The van der Waals surface area contributed by atoms with Gasteiger partial charge >= 0.3 is 0 Å². The van der Waals surface area contributed by atoms with Gasteiger partial charge in [-0.25, -0.2) is 0 Å². The van der Waals surface area contributed by atoms with Gasteiger partial charge in [0.2, 0.25) is 5.91 Å². The molecule has 5 heteroatoms. The number of nitrogens with zero attached hydrogens (tertiary/aromatic N) is 2. The van der Waals surface area contributed by atoms with E-state index in [1.165, 1.54) is 5.56 Å². The van der Waals surface area contributed by atoms with Gasteiger partial charge in [0.05, 0.1) is 11.6 Å². The molecule has 2 aliphatic rings. The van der Waals surface area contributed by atoms with Crippen LogP contribution in [0, 0.1) is 0 Å². The lowest BCUT2D eigenvalue weighted by Crippen LogP contribution is -2.57. The molecule has 0 radical (unpaired) electrons. The number of likely N-dealkylation sites (N-methyl/N-ethyl adjacent to an activating group) is 1. The van der Waals surface area contributed by atoms with Crippen LogP contribution in [0.1, 0.15) is 25.3 Å². The molecule has 2 saturated heterocycles. The molecule has 3 rings (SSSR count). The quantitative estimate of drug-likeness (QED) is 0.907. The number of ether oxygens (including phenoxy) is 1. The van der Waals surface area contributed by atoms with Gasteiger partial charge in [-0.05, 0) is 32.4 Å². The van der Waals surface area contributed by atoms with Gasteiger partial charge in [0, 0.05) is 39.4 Å². The molecule has 24 heavy (non-hydrogen) atoms. The van der Waals surface area contributed by atoms with Crippen molar-refractivity contribution in [2.24, 2.45) is 0 Å². The molecule has 1 atom stereocenters. The highest BCUT2D eigenvalue weighted by molar-refractivity contribution is 5.82. The van der Waals surface area contributed by atoms with Crippen molar-refractivity contribution in [2.45, 2.75) is 31.3 Å². The van der Waals surface area contributed by atoms with E-state index in [0.717, 1.165) is 39.0 Å². The van der Waals surface area contributed by atoms with Crippen molar-refractivity contribution in [2.75, 3.05) is 46.4 Å². The lowest BCUT2D eigenvalue weighted by atomic mass is 9.82. The summed E-state index contributed by atoms with van der Waals surface area (Å²) in [6.07, 6.45) is 1.66. The first-order valence-electron chi connectivity index (χ1n) is 8.99. The summed E-state index contributed by atoms with van der Waals surface area (Å²) in [5.74, 6) is 0.130. The summed E-state index contributed by atoms with van der Waals surface area (Å²) in [7, 11) is 2.13. The molecule has 0 unspecified atom stereocenters. The largest absolute Gasteiger partial charge is 0.381 e. The van der Waals surface area contributed by atoms with Gasteiger partial charge in [0.15, 0.2) is 0 Å². The monoisotopic (exact) mass is 331 g/mol. The van der Waals surface area contributed by atoms with Crippen LogP contribution in [0.3, 0.4) is 0 Å². The number of carbonyl (C=O) groups is 1. The summed E-state index contributed by atoms with van der Waals surface area (Å²) in [6.45, 7) is 7.36. The Morgan fingerprint density at radius 1 is 1.12 bits per heavy atom. The number of hydrogen-bond donors (Lipinski definition) is 1. The molecule has 2 aliphatic heterocycles. The van der Waals surface area contributed by atoms with Gasteiger partial charge in [-0.2, -0.15) is 0 Å². The molecule has 1 aromatic rings. The van der Waals surface area contributed by atoms with E-state index in [2.05, 4.69) is 34.3 Å². The minimum absolute atomic E-state index is 0.0952. The Bertz CT molecular complexity index is 535. The second-order valence-electron chi connectivity index (χ2n) is 7.06. The number of hydrogen-bond acceptors (Lipinski definition) is 4. The van der Waals surface area contributed by atoms with E-state index in [0.29, 0.717) is 13.2 Å². The third-order valence-corrected chi connectivity index (χ3v) is 5.50. The molecule has 0 aliphatic carbocycles. The maximum atomic E-state index is 13.0. The summed E-state index contributed by atoms with van der Waals surface area (Å²) in [6, 6.07) is 10.2. The van der Waals surface area contributed by atoms with Crippen LogP contribution in [0.5, 0.6) is 0 Å².